The van der Waals surface area contributed by atoms with Crippen LogP contribution in [0.3, 0.4) is 0 Å². The maximum atomic E-state index is 5.56. The molecule has 1 heteroatoms. The molecule has 0 bridgehead atoms. The monoisotopic (exact) mass is 295 g/mol. The number of hydrogen-bond acceptors (Lipinski definition) is 1. The van der Waals surface area contributed by atoms with Crippen molar-refractivity contribution < 1.29 is 0 Å². The van der Waals surface area contributed by atoms with E-state index in [1.54, 1.807) is 6.20 Å². The molecule has 0 fully saturated rings. The van der Waals surface area contributed by atoms with E-state index in [1.165, 1.54) is 35.1 Å². The standard InChI is InChI=1S/C18H21N.C3H8/c1-15-7-5-6-8-16(15)11-12-18(13-14-19)17-9-3-2-4-10-17;1-3-2/h2-4,7-10,12-14H,5-6,11,19H2,1H3;3H2,1-2H3/b14-13-,18-12+;. The van der Waals surface area contributed by atoms with Crippen LogP contribution >= 0.6 is 0 Å². The first-order valence-electron chi connectivity index (χ1n) is 8.22. The van der Waals surface area contributed by atoms with Crippen molar-refractivity contribution in [3.63, 3.8) is 0 Å². The molecule has 1 aliphatic rings. The molecule has 0 aromatic heterocycles. The van der Waals surface area contributed by atoms with Gasteiger partial charge in [-0.1, -0.05) is 74.4 Å². The highest BCUT2D eigenvalue weighted by molar-refractivity contribution is 5.74. The summed E-state index contributed by atoms with van der Waals surface area (Å²) in [5.74, 6) is 0. The van der Waals surface area contributed by atoms with Crippen molar-refractivity contribution in [1.29, 1.82) is 0 Å². The molecule has 22 heavy (non-hydrogen) atoms. The lowest BCUT2D eigenvalue weighted by atomic mass is 9.94. The van der Waals surface area contributed by atoms with E-state index in [2.05, 4.69) is 63.3 Å². The molecule has 1 nitrogen and oxygen atoms in total. The molecule has 0 saturated carbocycles. The molecular formula is C21H29N. The Hall–Kier alpha value is -2.02. The number of hydrogen-bond donors (Lipinski definition) is 1. The summed E-state index contributed by atoms with van der Waals surface area (Å²) in [6.07, 6.45) is 15.1. The Morgan fingerprint density at radius 3 is 2.32 bits per heavy atom. The van der Waals surface area contributed by atoms with E-state index in [1.807, 2.05) is 12.1 Å². The lowest BCUT2D eigenvalue weighted by molar-refractivity contribution is 0.972. The van der Waals surface area contributed by atoms with Gasteiger partial charge in [-0.05, 0) is 55.2 Å². The van der Waals surface area contributed by atoms with E-state index >= 15 is 0 Å². The van der Waals surface area contributed by atoms with E-state index in [-0.39, 0.29) is 0 Å². The van der Waals surface area contributed by atoms with Gasteiger partial charge in [0.15, 0.2) is 0 Å². The molecule has 118 valence electrons. The van der Waals surface area contributed by atoms with Gasteiger partial charge in [-0.2, -0.15) is 0 Å². The Morgan fingerprint density at radius 1 is 1.09 bits per heavy atom. The fraction of sp³-hybridized carbons (Fsp3) is 0.333. The molecule has 1 aliphatic carbocycles. The van der Waals surface area contributed by atoms with E-state index in [0.717, 1.165) is 12.8 Å². The second kappa shape index (κ2) is 10.7. The van der Waals surface area contributed by atoms with E-state index in [9.17, 15) is 0 Å². The quantitative estimate of drug-likeness (QED) is 0.676. The summed E-state index contributed by atoms with van der Waals surface area (Å²) in [5, 5.41) is 0. The van der Waals surface area contributed by atoms with E-state index in [0.29, 0.717) is 0 Å². The SMILES string of the molecule is CC1=CCCC=C1C/C=C(\C=C/N)c1ccccc1.CCC. The molecule has 0 amide bonds. The van der Waals surface area contributed by atoms with Gasteiger partial charge in [-0.25, -0.2) is 0 Å². The van der Waals surface area contributed by atoms with Crippen LogP contribution in [0, 0.1) is 0 Å². The number of benzene rings is 1. The Bertz CT molecular complexity index is 545. The van der Waals surface area contributed by atoms with Crippen LogP contribution in [0.25, 0.3) is 5.57 Å². The van der Waals surface area contributed by atoms with Crippen LogP contribution in [0.15, 0.2) is 72.0 Å². The first kappa shape index (κ1) is 18.0. The molecule has 0 unspecified atom stereocenters. The second-order valence-corrected chi connectivity index (χ2v) is 5.49. The third-order valence-electron chi connectivity index (χ3n) is 3.44. The van der Waals surface area contributed by atoms with Crippen LogP contribution in [0.4, 0.5) is 0 Å². The van der Waals surface area contributed by atoms with Crippen molar-refractivity contribution >= 4 is 5.57 Å². The second-order valence-electron chi connectivity index (χ2n) is 5.49. The Morgan fingerprint density at radius 2 is 1.73 bits per heavy atom. The van der Waals surface area contributed by atoms with Gasteiger partial charge in [0.1, 0.15) is 0 Å². The first-order chi connectivity index (χ1) is 10.7. The highest BCUT2D eigenvalue weighted by Crippen LogP contribution is 2.24. The molecular weight excluding hydrogens is 266 g/mol. The third-order valence-corrected chi connectivity index (χ3v) is 3.44. The van der Waals surface area contributed by atoms with Gasteiger partial charge in [-0.3, -0.25) is 0 Å². The van der Waals surface area contributed by atoms with Crippen LogP contribution in [0.1, 0.15) is 52.0 Å². The Kier molecular flexibility index (Phi) is 8.74. The topological polar surface area (TPSA) is 26.0 Å². The summed E-state index contributed by atoms with van der Waals surface area (Å²) < 4.78 is 0. The molecule has 0 aliphatic heterocycles. The first-order valence-corrected chi connectivity index (χ1v) is 8.22. The van der Waals surface area contributed by atoms with Crippen LogP contribution in [0.2, 0.25) is 0 Å². The molecule has 1 aromatic carbocycles. The molecule has 0 spiro atoms. The van der Waals surface area contributed by atoms with Gasteiger partial charge < -0.3 is 5.73 Å². The molecule has 0 heterocycles. The van der Waals surface area contributed by atoms with Crippen molar-refractivity contribution in [3.8, 4) is 0 Å². The predicted molar refractivity (Wildman–Crippen MR) is 99.4 cm³/mol. The number of allylic oxidation sites excluding steroid dienone is 7. The van der Waals surface area contributed by atoms with Gasteiger partial charge in [0.2, 0.25) is 0 Å². The Labute approximate surface area is 135 Å². The minimum atomic E-state index is 0.969. The molecule has 2 N–H and O–H groups in total. The normalized spacial score (nSPS) is 15.0. The van der Waals surface area contributed by atoms with Crippen LogP contribution in [-0.4, -0.2) is 0 Å². The Balaban J connectivity index is 0.000000745. The van der Waals surface area contributed by atoms with E-state index in [4.69, 9.17) is 5.73 Å². The zero-order chi connectivity index (χ0) is 16.2. The van der Waals surface area contributed by atoms with Crippen LogP contribution in [0.5, 0.6) is 0 Å². The van der Waals surface area contributed by atoms with Crippen LogP contribution in [-0.2, 0) is 0 Å². The van der Waals surface area contributed by atoms with Crippen molar-refractivity contribution in [2.45, 2.75) is 46.5 Å². The molecule has 0 saturated heterocycles. The number of nitrogens with two attached hydrogens (primary N) is 1. The molecule has 2 rings (SSSR count). The highest BCUT2D eigenvalue weighted by atomic mass is 14.5. The zero-order valence-electron chi connectivity index (χ0n) is 14.2. The summed E-state index contributed by atoms with van der Waals surface area (Å²) in [5.41, 5.74) is 10.8. The maximum absolute atomic E-state index is 5.56. The summed E-state index contributed by atoms with van der Waals surface area (Å²) >= 11 is 0. The molecule has 1 aromatic rings. The van der Waals surface area contributed by atoms with Crippen molar-refractivity contribution in [3.05, 3.63) is 77.5 Å². The zero-order valence-corrected chi connectivity index (χ0v) is 14.2. The highest BCUT2D eigenvalue weighted by Gasteiger charge is 2.04. The summed E-state index contributed by atoms with van der Waals surface area (Å²) in [6, 6.07) is 10.4. The molecule has 0 radical (unpaired) electrons. The van der Waals surface area contributed by atoms with Gasteiger partial charge in [0.25, 0.3) is 0 Å². The van der Waals surface area contributed by atoms with Crippen molar-refractivity contribution in [2.24, 2.45) is 5.73 Å². The van der Waals surface area contributed by atoms with Crippen molar-refractivity contribution in [1.82, 2.24) is 0 Å². The van der Waals surface area contributed by atoms with Gasteiger partial charge in [-0.15, -0.1) is 0 Å². The lowest BCUT2D eigenvalue weighted by Gasteiger charge is -2.11. The van der Waals surface area contributed by atoms with Gasteiger partial charge in [0.05, 0.1) is 0 Å². The average molecular weight is 295 g/mol. The van der Waals surface area contributed by atoms with Gasteiger partial charge >= 0.3 is 0 Å². The average Bonchev–Trinajstić information content (AvgIpc) is 2.54. The summed E-state index contributed by atoms with van der Waals surface area (Å²) in [4.78, 5) is 0. The van der Waals surface area contributed by atoms with Crippen molar-refractivity contribution in [2.75, 3.05) is 0 Å². The third kappa shape index (κ3) is 6.17. The molecule has 0 atom stereocenters. The lowest BCUT2D eigenvalue weighted by Crippen LogP contribution is -1.91. The van der Waals surface area contributed by atoms with E-state index < -0.39 is 0 Å². The fourth-order valence-electron chi connectivity index (χ4n) is 2.33. The minimum absolute atomic E-state index is 0.969. The smallest absolute Gasteiger partial charge is 0.00563 e. The van der Waals surface area contributed by atoms with Crippen LogP contribution < -0.4 is 5.73 Å². The minimum Gasteiger partial charge on any atom is -0.405 e. The predicted octanol–water partition coefficient (Wildman–Crippen LogP) is 6.02. The fourth-order valence-corrected chi connectivity index (χ4v) is 2.33. The number of rotatable bonds is 4. The summed E-state index contributed by atoms with van der Waals surface area (Å²) in [6.45, 7) is 6.44. The maximum Gasteiger partial charge on any atom is -0.00563 e. The summed E-state index contributed by atoms with van der Waals surface area (Å²) in [7, 11) is 0. The van der Waals surface area contributed by atoms with Gasteiger partial charge in [0, 0.05) is 0 Å². The largest absolute Gasteiger partial charge is 0.405 e.